The summed E-state index contributed by atoms with van der Waals surface area (Å²) < 4.78 is 14.6. The van der Waals surface area contributed by atoms with Crippen molar-refractivity contribution >= 4 is 11.9 Å². The summed E-state index contributed by atoms with van der Waals surface area (Å²) in [5.41, 5.74) is 0.207. The van der Waals surface area contributed by atoms with Gasteiger partial charge >= 0.3 is 11.9 Å². The van der Waals surface area contributed by atoms with Crippen LogP contribution in [-0.2, 0) is 9.53 Å². The third-order valence-corrected chi connectivity index (χ3v) is 2.44. The molecule has 20 heavy (non-hydrogen) atoms. The van der Waals surface area contributed by atoms with Gasteiger partial charge in [0.1, 0.15) is 6.42 Å². The van der Waals surface area contributed by atoms with Crippen LogP contribution in [-0.4, -0.2) is 38.4 Å². The fraction of sp³-hybridized carbons (Fsp3) is 0.286. The highest BCUT2D eigenvalue weighted by Crippen LogP contribution is 2.30. The first-order valence-electron chi connectivity index (χ1n) is 5.58. The number of aromatic carboxylic acids is 1. The Hall–Kier alpha value is -2.68. The quantitative estimate of drug-likeness (QED) is 0.660. The van der Waals surface area contributed by atoms with Crippen molar-refractivity contribution in [1.82, 2.24) is 0 Å². The number of carbonyl (C=O) groups excluding carboxylic acids is 1. The Kier molecular flexibility index (Phi) is 5.42. The van der Waals surface area contributed by atoms with Crippen LogP contribution >= 0.6 is 0 Å². The Labute approximate surface area is 116 Å². The lowest BCUT2D eigenvalue weighted by Crippen LogP contribution is -2.03. The Morgan fingerprint density at radius 2 is 1.75 bits per heavy atom. The molecule has 0 spiro atoms. The Balaban J connectivity index is 3.22. The third kappa shape index (κ3) is 3.65. The van der Waals surface area contributed by atoms with E-state index in [1.165, 1.54) is 33.5 Å². The molecule has 0 amide bonds. The molecular formula is C14H14O6. The lowest BCUT2D eigenvalue weighted by molar-refractivity contribution is -0.139. The van der Waals surface area contributed by atoms with E-state index < -0.39 is 11.9 Å². The summed E-state index contributed by atoms with van der Waals surface area (Å²) >= 11 is 0. The molecule has 0 aliphatic heterocycles. The van der Waals surface area contributed by atoms with Crippen molar-refractivity contribution in [3.63, 3.8) is 0 Å². The van der Waals surface area contributed by atoms with E-state index in [1.54, 1.807) is 0 Å². The first-order valence-corrected chi connectivity index (χ1v) is 5.58. The summed E-state index contributed by atoms with van der Waals surface area (Å²) in [4.78, 5) is 22.1. The highest BCUT2D eigenvalue weighted by Gasteiger charge is 2.14. The number of esters is 1. The number of rotatable bonds is 4. The minimum atomic E-state index is -1.15. The van der Waals surface area contributed by atoms with E-state index in [-0.39, 0.29) is 17.5 Å². The highest BCUT2D eigenvalue weighted by atomic mass is 16.5. The van der Waals surface area contributed by atoms with Crippen LogP contribution in [0.4, 0.5) is 0 Å². The van der Waals surface area contributed by atoms with Crippen LogP contribution in [0.25, 0.3) is 0 Å². The van der Waals surface area contributed by atoms with Gasteiger partial charge in [0.25, 0.3) is 0 Å². The number of methoxy groups -OCH3 is 3. The number of hydrogen-bond donors (Lipinski definition) is 1. The molecule has 0 radical (unpaired) electrons. The zero-order valence-electron chi connectivity index (χ0n) is 11.4. The summed E-state index contributed by atoms with van der Waals surface area (Å²) in [6, 6.07) is 2.77. The monoisotopic (exact) mass is 278 g/mol. The van der Waals surface area contributed by atoms with E-state index in [4.69, 9.17) is 14.6 Å². The Morgan fingerprint density at radius 1 is 1.15 bits per heavy atom. The molecule has 1 N–H and O–H groups in total. The van der Waals surface area contributed by atoms with Gasteiger partial charge in [-0.15, -0.1) is 0 Å². The zero-order chi connectivity index (χ0) is 15.1. The Morgan fingerprint density at radius 3 is 2.25 bits per heavy atom. The molecule has 6 heteroatoms. The number of ether oxygens (including phenoxy) is 3. The summed E-state index contributed by atoms with van der Waals surface area (Å²) in [6.45, 7) is 0. The minimum Gasteiger partial charge on any atom is -0.493 e. The van der Waals surface area contributed by atoms with E-state index in [0.717, 1.165) is 0 Å². The maximum absolute atomic E-state index is 11.2. The molecule has 6 nitrogen and oxygen atoms in total. The molecule has 0 saturated carbocycles. The minimum absolute atomic E-state index is 0.0278. The van der Waals surface area contributed by atoms with Crippen molar-refractivity contribution in [1.29, 1.82) is 0 Å². The van der Waals surface area contributed by atoms with Crippen molar-refractivity contribution in [2.45, 2.75) is 6.42 Å². The van der Waals surface area contributed by atoms with Gasteiger partial charge in [0.15, 0.2) is 11.5 Å². The van der Waals surface area contributed by atoms with Crippen LogP contribution in [0.5, 0.6) is 11.5 Å². The van der Waals surface area contributed by atoms with Crippen LogP contribution in [0, 0.1) is 11.8 Å². The van der Waals surface area contributed by atoms with E-state index in [2.05, 4.69) is 16.6 Å². The average molecular weight is 278 g/mol. The molecule has 0 aliphatic carbocycles. The molecule has 0 bridgehead atoms. The van der Waals surface area contributed by atoms with E-state index in [0.29, 0.717) is 11.5 Å². The molecule has 0 aliphatic rings. The van der Waals surface area contributed by atoms with Gasteiger partial charge in [-0.05, 0) is 6.07 Å². The van der Waals surface area contributed by atoms with Gasteiger partial charge < -0.3 is 19.3 Å². The van der Waals surface area contributed by atoms with Crippen LogP contribution < -0.4 is 9.47 Å². The second kappa shape index (κ2) is 7.04. The number of carbonyl (C=O) groups is 2. The summed E-state index contributed by atoms with van der Waals surface area (Å²) in [5, 5.41) is 9.15. The molecule has 106 valence electrons. The van der Waals surface area contributed by atoms with Crippen molar-refractivity contribution in [3.8, 4) is 23.3 Å². The SMILES string of the molecule is COC(=O)CC#Cc1cc(OC)c(OC)cc1C(=O)O. The van der Waals surface area contributed by atoms with E-state index in [9.17, 15) is 9.59 Å². The second-order valence-electron chi connectivity index (χ2n) is 3.61. The number of carboxylic acids is 1. The molecule has 0 unspecified atom stereocenters. The fourth-order valence-electron chi connectivity index (χ4n) is 1.44. The molecule has 1 aromatic rings. The average Bonchev–Trinajstić information content (AvgIpc) is 2.45. The maximum Gasteiger partial charge on any atom is 0.337 e. The first kappa shape index (κ1) is 15.4. The summed E-state index contributed by atoms with van der Waals surface area (Å²) in [5.74, 6) is 4.19. The predicted molar refractivity (Wildman–Crippen MR) is 70.0 cm³/mol. The van der Waals surface area contributed by atoms with Crippen LogP contribution in [0.3, 0.4) is 0 Å². The number of carboxylic acid groups (broad SMARTS) is 1. The van der Waals surface area contributed by atoms with Crippen LogP contribution in [0.2, 0.25) is 0 Å². The smallest absolute Gasteiger partial charge is 0.337 e. The Bertz CT molecular complexity index is 579. The van der Waals surface area contributed by atoms with E-state index in [1.807, 2.05) is 0 Å². The molecule has 0 heterocycles. The van der Waals surface area contributed by atoms with E-state index >= 15 is 0 Å². The first-order chi connectivity index (χ1) is 9.53. The number of hydrogen-bond acceptors (Lipinski definition) is 5. The third-order valence-electron chi connectivity index (χ3n) is 2.44. The highest BCUT2D eigenvalue weighted by molar-refractivity contribution is 5.92. The molecular weight excluding hydrogens is 264 g/mol. The van der Waals surface area contributed by atoms with Crippen molar-refractivity contribution in [2.75, 3.05) is 21.3 Å². The summed E-state index contributed by atoms with van der Waals surface area (Å²) in [7, 11) is 4.10. The van der Waals surface area contributed by atoms with Gasteiger partial charge in [-0.25, -0.2) is 4.79 Å². The zero-order valence-corrected chi connectivity index (χ0v) is 11.4. The lowest BCUT2D eigenvalue weighted by atomic mass is 10.1. The number of benzene rings is 1. The van der Waals surface area contributed by atoms with Crippen molar-refractivity contribution in [3.05, 3.63) is 23.3 Å². The summed E-state index contributed by atoms with van der Waals surface area (Å²) in [6.07, 6.45) is -0.121. The molecule has 0 fully saturated rings. The van der Waals surface area contributed by atoms with Crippen LogP contribution in [0.1, 0.15) is 22.3 Å². The second-order valence-corrected chi connectivity index (χ2v) is 3.61. The maximum atomic E-state index is 11.2. The largest absolute Gasteiger partial charge is 0.493 e. The molecule has 0 saturated heterocycles. The van der Waals surface area contributed by atoms with Gasteiger partial charge in [-0.3, -0.25) is 4.79 Å². The standard InChI is InChI=1S/C14H14O6/c1-18-11-7-9(5-4-6-13(15)20-3)10(14(16)17)8-12(11)19-2/h7-8H,6H2,1-3H3,(H,16,17). The topological polar surface area (TPSA) is 82.1 Å². The predicted octanol–water partition coefficient (Wildman–Crippen LogP) is 1.32. The molecule has 0 atom stereocenters. The molecule has 0 aromatic heterocycles. The molecule has 1 rings (SSSR count). The van der Waals surface area contributed by atoms with Crippen LogP contribution in [0.15, 0.2) is 12.1 Å². The van der Waals surface area contributed by atoms with Crippen molar-refractivity contribution in [2.24, 2.45) is 0 Å². The lowest BCUT2D eigenvalue weighted by Gasteiger charge is -2.09. The van der Waals surface area contributed by atoms with Crippen molar-refractivity contribution < 1.29 is 28.9 Å². The van der Waals surface area contributed by atoms with Gasteiger partial charge in [-0.1, -0.05) is 11.8 Å². The van der Waals surface area contributed by atoms with Gasteiger partial charge in [0, 0.05) is 11.6 Å². The van der Waals surface area contributed by atoms with Gasteiger partial charge in [0.05, 0.1) is 26.9 Å². The van der Waals surface area contributed by atoms with Gasteiger partial charge in [0.2, 0.25) is 0 Å². The normalized spacial score (nSPS) is 9.15. The molecule has 1 aromatic carbocycles. The fourth-order valence-corrected chi connectivity index (χ4v) is 1.44. The van der Waals surface area contributed by atoms with Gasteiger partial charge in [-0.2, -0.15) is 0 Å².